The van der Waals surface area contributed by atoms with Gasteiger partial charge in [0.15, 0.2) is 5.82 Å². The van der Waals surface area contributed by atoms with E-state index in [4.69, 9.17) is 4.74 Å². The average Bonchev–Trinajstić information content (AvgIpc) is 2.14. The van der Waals surface area contributed by atoms with E-state index in [-0.39, 0.29) is 0 Å². The van der Waals surface area contributed by atoms with Gasteiger partial charge in [-0.15, -0.1) is 0 Å². The Bertz CT molecular complexity index is 353. The van der Waals surface area contributed by atoms with E-state index in [1.54, 1.807) is 18.5 Å². The number of carbonyl (C=O) groups is 1. The predicted octanol–water partition coefficient (Wildman–Crippen LogP) is 1.83. The maximum atomic E-state index is 11.3. The molecule has 0 aliphatic carbocycles. The SMILES string of the molecule is CC(C)(C)OC(=O)/C=C/c1ncccn1. The van der Waals surface area contributed by atoms with Gasteiger partial charge >= 0.3 is 5.97 Å². The molecule has 0 fully saturated rings. The second kappa shape index (κ2) is 4.68. The van der Waals surface area contributed by atoms with Crippen LogP contribution >= 0.6 is 0 Å². The highest BCUT2D eigenvalue weighted by Gasteiger charge is 2.13. The zero-order valence-electron chi connectivity index (χ0n) is 9.10. The van der Waals surface area contributed by atoms with Crippen LogP contribution in [-0.2, 0) is 9.53 Å². The quantitative estimate of drug-likeness (QED) is 0.547. The summed E-state index contributed by atoms with van der Waals surface area (Å²) in [5.74, 6) is 0.0957. The molecule has 4 nitrogen and oxygen atoms in total. The lowest BCUT2D eigenvalue weighted by Crippen LogP contribution is -2.22. The van der Waals surface area contributed by atoms with Crippen LogP contribution in [-0.4, -0.2) is 21.5 Å². The van der Waals surface area contributed by atoms with Gasteiger partial charge in [-0.25, -0.2) is 14.8 Å². The van der Waals surface area contributed by atoms with Crippen LogP contribution < -0.4 is 0 Å². The van der Waals surface area contributed by atoms with Crippen LogP contribution in [0.1, 0.15) is 26.6 Å². The number of aromatic nitrogens is 2. The minimum atomic E-state index is -0.473. The van der Waals surface area contributed by atoms with E-state index in [0.29, 0.717) is 5.82 Å². The summed E-state index contributed by atoms with van der Waals surface area (Å²) in [5, 5.41) is 0. The number of ether oxygens (including phenoxy) is 1. The third-order valence-corrected chi connectivity index (χ3v) is 1.36. The average molecular weight is 206 g/mol. The molecule has 0 saturated carbocycles. The van der Waals surface area contributed by atoms with Gasteiger partial charge < -0.3 is 4.74 Å². The van der Waals surface area contributed by atoms with E-state index in [0.717, 1.165) is 0 Å². The molecule has 1 heterocycles. The minimum absolute atomic E-state index is 0.394. The first-order valence-corrected chi connectivity index (χ1v) is 4.65. The lowest BCUT2D eigenvalue weighted by molar-refractivity contribution is -0.148. The first-order chi connectivity index (χ1) is 6.97. The fourth-order valence-corrected chi connectivity index (χ4v) is 0.875. The normalized spacial score (nSPS) is 11.7. The Balaban J connectivity index is 2.56. The van der Waals surface area contributed by atoms with Crippen molar-refractivity contribution in [2.24, 2.45) is 0 Å². The molecule has 0 aliphatic heterocycles. The van der Waals surface area contributed by atoms with Gasteiger partial charge in [0.2, 0.25) is 0 Å². The molecular weight excluding hydrogens is 192 g/mol. The number of hydrogen-bond acceptors (Lipinski definition) is 4. The molecule has 1 rings (SSSR count). The zero-order valence-corrected chi connectivity index (χ0v) is 9.10. The molecule has 1 aromatic rings. The van der Waals surface area contributed by atoms with Crippen LogP contribution in [0.25, 0.3) is 6.08 Å². The van der Waals surface area contributed by atoms with Gasteiger partial charge in [0, 0.05) is 18.5 Å². The van der Waals surface area contributed by atoms with E-state index < -0.39 is 11.6 Å². The van der Waals surface area contributed by atoms with Gasteiger partial charge in [0.1, 0.15) is 5.60 Å². The molecule has 0 spiro atoms. The Kier molecular flexibility index (Phi) is 3.55. The molecule has 0 radical (unpaired) electrons. The molecule has 0 amide bonds. The van der Waals surface area contributed by atoms with Gasteiger partial charge in [-0.05, 0) is 32.9 Å². The Morgan fingerprint density at radius 2 is 1.93 bits per heavy atom. The third-order valence-electron chi connectivity index (χ3n) is 1.36. The molecule has 0 atom stereocenters. The van der Waals surface area contributed by atoms with Gasteiger partial charge in [-0.3, -0.25) is 0 Å². The summed E-state index contributed by atoms with van der Waals surface area (Å²) in [6.07, 6.45) is 6.07. The Morgan fingerprint density at radius 1 is 1.33 bits per heavy atom. The minimum Gasteiger partial charge on any atom is -0.457 e. The monoisotopic (exact) mass is 206 g/mol. The number of esters is 1. The van der Waals surface area contributed by atoms with Crippen molar-refractivity contribution in [3.63, 3.8) is 0 Å². The van der Waals surface area contributed by atoms with Crippen LogP contribution in [0.5, 0.6) is 0 Å². The summed E-state index contributed by atoms with van der Waals surface area (Å²) in [6.45, 7) is 5.45. The van der Waals surface area contributed by atoms with Crippen molar-refractivity contribution in [2.45, 2.75) is 26.4 Å². The fourth-order valence-electron chi connectivity index (χ4n) is 0.875. The molecule has 4 heteroatoms. The summed E-state index contributed by atoms with van der Waals surface area (Å²) < 4.78 is 5.08. The van der Waals surface area contributed by atoms with Crippen LogP contribution in [0.2, 0.25) is 0 Å². The van der Waals surface area contributed by atoms with Crippen molar-refractivity contribution >= 4 is 12.0 Å². The smallest absolute Gasteiger partial charge is 0.331 e. The largest absolute Gasteiger partial charge is 0.457 e. The summed E-state index contributed by atoms with van der Waals surface area (Å²) in [7, 11) is 0. The number of nitrogens with zero attached hydrogens (tertiary/aromatic N) is 2. The lowest BCUT2D eigenvalue weighted by Gasteiger charge is -2.17. The fraction of sp³-hybridized carbons (Fsp3) is 0.364. The number of hydrogen-bond donors (Lipinski definition) is 0. The summed E-state index contributed by atoms with van der Waals surface area (Å²) in [6, 6.07) is 1.71. The number of carbonyl (C=O) groups excluding carboxylic acids is 1. The molecule has 0 aliphatic rings. The molecule has 0 aromatic carbocycles. The first-order valence-electron chi connectivity index (χ1n) is 4.65. The van der Waals surface area contributed by atoms with Gasteiger partial charge in [0.05, 0.1) is 0 Å². The second-order valence-electron chi connectivity index (χ2n) is 3.97. The van der Waals surface area contributed by atoms with E-state index >= 15 is 0 Å². The highest BCUT2D eigenvalue weighted by Crippen LogP contribution is 2.07. The zero-order chi connectivity index (χ0) is 11.3. The summed E-state index contributed by atoms with van der Waals surface area (Å²) >= 11 is 0. The molecule has 0 bridgehead atoms. The van der Waals surface area contributed by atoms with Crippen molar-refractivity contribution in [3.8, 4) is 0 Å². The van der Waals surface area contributed by atoms with Crippen LogP contribution in [0, 0.1) is 0 Å². The summed E-state index contributed by atoms with van der Waals surface area (Å²) in [5.41, 5.74) is -0.473. The van der Waals surface area contributed by atoms with E-state index in [1.165, 1.54) is 12.2 Å². The Morgan fingerprint density at radius 3 is 2.47 bits per heavy atom. The molecule has 80 valence electrons. The van der Waals surface area contributed by atoms with Crippen molar-refractivity contribution in [1.29, 1.82) is 0 Å². The molecule has 1 aromatic heterocycles. The molecular formula is C11H14N2O2. The van der Waals surface area contributed by atoms with Crippen molar-refractivity contribution < 1.29 is 9.53 Å². The van der Waals surface area contributed by atoms with Crippen LogP contribution in [0.15, 0.2) is 24.5 Å². The standard InChI is InChI=1S/C11H14N2O2/c1-11(2,3)15-10(14)6-5-9-12-7-4-8-13-9/h4-8H,1-3H3/b6-5+. The van der Waals surface area contributed by atoms with Crippen molar-refractivity contribution in [3.05, 3.63) is 30.4 Å². The molecule has 0 saturated heterocycles. The van der Waals surface area contributed by atoms with Gasteiger partial charge in [0.25, 0.3) is 0 Å². The van der Waals surface area contributed by atoms with E-state index in [1.807, 2.05) is 20.8 Å². The highest BCUT2D eigenvalue weighted by atomic mass is 16.6. The first kappa shape index (κ1) is 11.4. The predicted molar refractivity (Wildman–Crippen MR) is 56.9 cm³/mol. The topological polar surface area (TPSA) is 52.1 Å². The number of rotatable bonds is 2. The van der Waals surface area contributed by atoms with Crippen LogP contribution in [0.3, 0.4) is 0 Å². The molecule has 0 unspecified atom stereocenters. The van der Waals surface area contributed by atoms with Crippen molar-refractivity contribution in [1.82, 2.24) is 9.97 Å². The van der Waals surface area contributed by atoms with Crippen LogP contribution in [0.4, 0.5) is 0 Å². The third kappa shape index (κ3) is 4.90. The van der Waals surface area contributed by atoms with E-state index in [9.17, 15) is 4.79 Å². The van der Waals surface area contributed by atoms with Crippen molar-refractivity contribution in [2.75, 3.05) is 0 Å². The lowest BCUT2D eigenvalue weighted by atomic mass is 10.2. The Hall–Kier alpha value is -1.71. The summed E-state index contributed by atoms with van der Waals surface area (Å²) in [4.78, 5) is 19.2. The second-order valence-corrected chi connectivity index (χ2v) is 3.97. The van der Waals surface area contributed by atoms with Gasteiger partial charge in [-0.2, -0.15) is 0 Å². The highest BCUT2D eigenvalue weighted by molar-refractivity contribution is 5.86. The molecule has 0 N–H and O–H groups in total. The molecule has 15 heavy (non-hydrogen) atoms. The van der Waals surface area contributed by atoms with E-state index in [2.05, 4.69) is 9.97 Å². The maximum absolute atomic E-state index is 11.3. The maximum Gasteiger partial charge on any atom is 0.331 e. The van der Waals surface area contributed by atoms with Gasteiger partial charge in [-0.1, -0.05) is 0 Å². The Labute approximate surface area is 89.0 Å².